The molecule has 1 aromatic heterocycles. The average Bonchev–Trinajstić information content (AvgIpc) is 3.86. The van der Waals surface area contributed by atoms with Crippen molar-refractivity contribution in [3.8, 4) is 16.2 Å². The highest BCUT2D eigenvalue weighted by Gasteiger charge is 2.43. The van der Waals surface area contributed by atoms with Gasteiger partial charge in [0.15, 0.2) is 0 Å². The van der Waals surface area contributed by atoms with Gasteiger partial charge in [0.2, 0.25) is 11.8 Å². The van der Waals surface area contributed by atoms with Crippen LogP contribution >= 0.6 is 33.9 Å². The van der Waals surface area contributed by atoms with Crippen LogP contribution in [0.15, 0.2) is 48.0 Å². The quantitative estimate of drug-likeness (QED) is 0.0845. The van der Waals surface area contributed by atoms with Crippen molar-refractivity contribution in [3.05, 3.63) is 70.4 Å². The van der Waals surface area contributed by atoms with Crippen LogP contribution in [0.3, 0.4) is 0 Å². The number of ether oxygens (including phenoxy) is 3. The number of aryl methyl sites for hydroxylation is 1. The van der Waals surface area contributed by atoms with E-state index in [9.17, 15) is 14.4 Å². The normalized spacial score (nSPS) is 16.3. The van der Waals surface area contributed by atoms with Gasteiger partial charge in [-0.3, -0.25) is 14.4 Å². The molecular formula is C38H49IN4O6S. The lowest BCUT2D eigenvalue weighted by molar-refractivity contribution is -0.143. The number of fused-ring (bicyclic) bond motifs is 1. The first kappa shape index (κ1) is 38.2. The van der Waals surface area contributed by atoms with Gasteiger partial charge in [0, 0.05) is 68.0 Å². The van der Waals surface area contributed by atoms with Crippen LogP contribution < -0.4 is 10.1 Å². The van der Waals surface area contributed by atoms with Gasteiger partial charge in [-0.25, -0.2) is 4.98 Å². The van der Waals surface area contributed by atoms with Crippen LogP contribution in [-0.2, 0) is 32.2 Å². The second kappa shape index (κ2) is 19.0. The summed E-state index contributed by atoms with van der Waals surface area (Å²) in [5.74, 6) is 0.0920. The summed E-state index contributed by atoms with van der Waals surface area (Å²) in [7, 11) is 0. The molecule has 0 unspecified atom stereocenters. The molecule has 0 aliphatic carbocycles. The fraction of sp³-hybridized carbons (Fsp3) is 0.526. The van der Waals surface area contributed by atoms with Crippen LogP contribution in [0.1, 0.15) is 73.1 Å². The molecule has 270 valence electrons. The maximum absolute atomic E-state index is 14.1. The molecule has 0 radical (unpaired) electrons. The SMILES string of the molecule is Cc1ncsc1-c1ccc(CNC(=O)[C@@H]2CCCN2C(=O)[C@H](C(C)C)N2Cc3ccccc3C2=O)c(OCCCOCCCOCCCI)c1. The molecule has 2 atom stereocenters. The zero-order chi connectivity index (χ0) is 35.5. The molecule has 1 N–H and O–H groups in total. The predicted molar refractivity (Wildman–Crippen MR) is 204 cm³/mol. The van der Waals surface area contributed by atoms with Crippen molar-refractivity contribution in [3.63, 3.8) is 0 Å². The summed E-state index contributed by atoms with van der Waals surface area (Å²) in [4.78, 5) is 50.0. The molecule has 5 rings (SSSR count). The van der Waals surface area contributed by atoms with Gasteiger partial charge >= 0.3 is 0 Å². The lowest BCUT2D eigenvalue weighted by Crippen LogP contribution is -2.55. The van der Waals surface area contributed by atoms with E-state index in [1.807, 2.05) is 68.7 Å². The van der Waals surface area contributed by atoms with Gasteiger partial charge in [0.25, 0.3) is 5.91 Å². The van der Waals surface area contributed by atoms with E-state index >= 15 is 0 Å². The number of alkyl halides is 1. The van der Waals surface area contributed by atoms with E-state index in [0.29, 0.717) is 57.3 Å². The fourth-order valence-corrected chi connectivity index (χ4v) is 7.69. The largest absolute Gasteiger partial charge is 0.493 e. The molecule has 1 saturated heterocycles. The van der Waals surface area contributed by atoms with Gasteiger partial charge < -0.3 is 29.3 Å². The van der Waals surface area contributed by atoms with Crippen molar-refractivity contribution in [2.75, 3.05) is 44.0 Å². The minimum absolute atomic E-state index is 0.111. The van der Waals surface area contributed by atoms with Crippen LogP contribution in [0.2, 0.25) is 0 Å². The van der Waals surface area contributed by atoms with Gasteiger partial charge in [-0.15, -0.1) is 11.3 Å². The minimum atomic E-state index is -0.645. The summed E-state index contributed by atoms with van der Waals surface area (Å²) < 4.78 is 18.8. The number of rotatable bonds is 19. The maximum atomic E-state index is 14.1. The summed E-state index contributed by atoms with van der Waals surface area (Å²) >= 11 is 3.94. The third-order valence-electron chi connectivity index (χ3n) is 9.13. The zero-order valence-corrected chi connectivity index (χ0v) is 32.3. The summed E-state index contributed by atoms with van der Waals surface area (Å²) in [5.41, 5.74) is 6.23. The number of hydrogen-bond acceptors (Lipinski definition) is 8. The summed E-state index contributed by atoms with van der Waals surface area (Å²) in [6.07, 6.45) is 3.98. The highest BCUT2D eigenvalue weighted by atomic mass is 127. The summed E-state index contributed by atoms with van der Waals surface area (Å²) in [6.45, 7) is 10.3. The van der Waals surface area contributed by atoms with E-state index in [1.54, 1.807) is 21.1 Å². The fourth-order valence-electron chi connectivity index (χ4n) is 6.58. The Morgan fingerprint density at radius 2 is 1.78 bits per heavy atom. The van der Waals surface area contributed by atoms with Gasteiger partial charge in [0.05, 0.1) is 22.7 Å². The first-order valence-electron chi connectivity index (χ1n) is 17.6. The molecule has 2 aromatic carbocycles. The van der Waals surface area contributed by atoms with Crippen molar-refractivity contribution in [1.82, 2.24) is 20.1 Å². The number of amides is 3. The lowest BCUT2D eigenvalue weighted by atomic mass is 10.0. The van der Waals surface area contributed by atoms with E-state index in [4.69, 9.17) is 14.2 Å². The van der Waals surface area contributed by atoms with Gasteiger partial charge in [-0.1, -0.05) is 66.8 Å². The smallest absolute Gasteiger partial charge is 0.255 e. The Bertz CT molecular complexity index is 1600. The maximum Gasteiger partial charge on any atom is 0.255 e. The number of likely N-dealkylation sites (tertiary alicyclic amines) is 1. The van der Waals surface area contributed by atoms with Gasteiger partial charge in [-0.2, -0.15) is 0 Å². The molecule has 2 aliphatic heterocycles. The zero-order valence-electron chi connectivity index (χ0n) is 29.3. The molecule has 2 aliphatic rings. The summed E-state index contributed by atoms with van der Waals surface area (Å²) in [6, 6.07) is 12.3. The topological polar surface area (TPSA) is 110 Å². The molecule has 10 nitrogen and oxygen atoms in total. The average molecular weight is 817 g/mol. The number of nitrogens with one attached hydrogen (secondary N) is 1. The number of halogens is 1. The Morgan fingerprint density at radius 3 is 2.48 bits per heavy atom. The second-order valence-corrected chi connectivity index (χ2v) is 15.0. The second-order valence-electron chi connectivity index (χ2n) is 13.1. The molecule has 3 heterocycles. The number of carbonyl (C=O) groups excluding carboxylic acids is 3. The van der Waals surface area contributed by atoms with E-state index in [2.05, 4.69) is 32.9 Å². The van der Waals surface area contributed by atoms with Crippen LogP contribution in [0.4, 0.5) is 0 Å². The predicted octanol–water partition coefficient (Wildman–Crippen LogP) is 6.42. The Balaban J connectivity index is 1.19. The van der Waals surface area contributed by atoms with Crippen molar-refractivity contribution in [1.29, 1.82) is 0 Å². The van der Waals surface area contributed by atoms with Crippen LogP contribution in [-0.4, -0.2) is 88.6 Å². The van der Waals surface area contributed by atoms with Crippen molar-refractivity contribution >= 4 is 51.6 Å². The summed E-state index contributed by atoms with van der Waals surface area (Å²) in [5, 5.41) is 3.10. The Kier molecular flexibility index (Phi) is 14.5. The molecule has 0 spiro atoms. The molecule has 1 fully saturated rings. The number of nitrogens with zero attached hydrogens (tertiary/aromatic N) is 3. The number of carbonyl (C=O) groups is 3. The molecule has 0 bridgehead atoms. The lowest BCUT2D eigenvalue weighted by Gasteiger charge is -2.35. The molecule has 3 aromatic rings. The van der Waals surface area contributed by atoms with E-state index in [1.165, 1.54) is 0 Å². The Hall–Kier alpha value is -3.07. The third-order valence-corrected chi connectivity index (χ3v) is 10.9. The molecule has 12 heteroatoms. The van der Waals surface area contributed by atoms with Crippen molar-refractivity contribution < 1.29 is 28.6 Å². The van der Waals surface area contributed by atoms with Crippen LogP contribution in [0.5, 0.6) is 5.75 Å². The third kappa shape index (κ3) is 9.62. The monoisotopic (exact) mass is 816 g/mol. The van der Waals surface area contributed by atoms with Crippen molar-refractivity contribution in [2.45, 2.75) is 78.0 Å². The number of benzene rings is 2. The number of aromatic nitrogens is 1. The first-order chi connectivity index (χ1) is 24.3. The minimum Gasteiger partial charge on any atom is -0.493 e. The highest BCUT2D eigenvalue weighted by Crippen LogP contribution is 2.33. The molecular weight excluding hydrogens is 767 g/mol. The van der Waals surface area contributed by atoms with Crippen LogP contribution in [0, 0.1) is 12.8 Å². The van der Waals surface area contributed by atoms with Gasteiger partial charge in [0.1, 0.15) is 17.8 Å². The van der Waals surface area contributed by atoms with E-state index in [-0.39, 0.29) is 30.2 Å². The molecule has 0 saturated carbocycles. The number of thiazole rings is 1. The van der Waals surface area contributed by atoms with E-state index < -0.39 is 12.1 Å². The van der Waals surface area contributed by atoms with Gasteiger partial charge in [-0.05, 0) is 61.8 Å². The standard InChI is InChI=1S/C38H49IN4O6S/c1-26(2)34(43-24-30-10-4-5-11-31(30)37(43)45)38(46)42-16-6-12-32(42)36(44)40-23-29-14-13-28(35-27(3)41-25-50-35)22-33(29)49-21-9-20-48-19-8-18-47-17-7-15-39/h4-5,10-11,13-14,22,25-26,32,34H,6-9,12,15-21,23-24H2,1-3H3,(H,40,44)/t32-,34-/m0/s1. The molecule has 50 heavy (non-hydrogen) atoms. The number of hydrogen-bond donors (Lipinski definition) is 1. The Morgan fingerprint density at radius 1 is 1.04 bits per heavy atom. The molecule has 3 amide bonds. The van der Waals surface area contributed by atoms with Crippen molar-refractivity contribution in [2.24, 2.45) is 5.92 Å². The Labute approximate surface area is 313 Å². The van der Waals surface area contributed by atoms with E-state index in [0.717, 1.165) is 64.0 Å². The first-order valence-corrected chi connectivity index (χ1v) is 20.0. The van der Waals surface area contributed by atoms with Crippen LogP contribution in [0.25, 0.3) is 10.4 Å². The highest BCUT2D eigenvalue weighted by molar-refractivity contribution is 14.1.